The predicted molar refractivity (Wildman–Crippen MR) is 110 cm³/mol. The van der Waals surface area contributed by atoms with Crippen molar-refractivity contribution in [3.05, 3.63) is 41.5 Å². The van der Waals surface area contributed by atoms with Gasteiger partial charge in [-0.25, -0.2) is 9.78 Å². The standard InChI is InChI=1S/C21H25N7O4/c1-14-16(2-3-18(23-14)28-13-22-24-25-28)17(29)11-26-7-4-21(5-8-26)6-9-27(20(21)31)15-10-19(30)32-12-15/h2-3,10,13,17,29H,4-9,11-12H2,1H3/t17-/m0/s1. The van der Waals surface area contributed by atoms with Gasteiger partial charge in [-0.1, -0.05) is 6.07 Å². The minimum Gasteiger partial charge on any atom is -0.456 e. The molecule has 0 aliphatic carbocycles. The van der Waals surface area contributed by atoms with Gasteiger partial charge in [0.05, 0.1) is 17.2 Å². The Morgan fingerprint density at radius 3 is 2.62 bits per heavy atom. The molecular weight excluding hydrogens is 414 g/mol. The number of carbonyl (C=O) groups is 2. The summed E-state index contributed by atoms with van der Waals surface area (Å²) in [7, 11) is 0. The summed E-state index contributed by atoms with van der Waals surface area (Å²) in [6.45, 7) is 4.62. The number of aliphatic hydroxyl groups excluding tert-OH is 1. The van der Waals surface area contributed by atoms with Gasteiger partial charge in [-0.3, -0.25) is 4.79 Å². The van der Waals surface area contributed by atoms with Crippen molar-refractivity contribution in [1.29, 1.82) is 0 Å². The Labute approximate surface area is 184 Å². The number of ether oxygens (including phenoxy) is 1. The summed E-state index contributed by atoms with van der Waals surface area (Å²) in [5.41, 5.74) is 1.78. The number of likely N-dealkylation sites (tertiary alicyclic amines) is 2. The molecule has 2 fully saturated rings. The molecule has 5 heterocycles. The van der Waals surface area contributed by atoms with E-state index in [4.69, 9.17) is 4.74 Å². The average molecular weight is 439 g/mol. The molecule has 2 aromatic heterocycles. The lowest BCUT2D eigenvalue weighted by molar-refractivity contribution is -0.138. The van der Waals surface area contributed by atoms with E-state index in [1.54, 1.807) is 11.0 Å². The first-order valence-corrected chi connectivity index (χ1v) is 10.8. The molecule has 1 N–H and O–H groups in total. The summed E-state index contributed by atoms with van der Waals surface area (Å²) >= 11 is 0. The minimum absolute atomic E-state index is 0.0977. The van der Waals surface area contributed by atoms with Crippen LogP contribution in [0.1, 0.15) is 36.6 Å². The van der Waals surface area contributed by atoms with Crippen LogP contribution in [0.2, 0.25) is 0 Å². The number of aromatic nitrogens is 5. The van der Waals surface area contributed by atoms with Crippen LogP contribution in [-0.2, 0) is 14.3 Å². The van der Waals surface area contributed by atoms with Crippen LogP contribution in [0.5, 0.6) is 0 Å². The van der Waals surface area contributed by atoms with Crippen LogP contribution in [-0.4, -0.2) is 84.8 Å². The van der Waals surface area contributed by atoms with Crippen LogP contribution in [0.15, 0.2) is 30.2 Å². The van der Waals surface area contributed by atoms with E-state index in [-0.39, 0.29) is 23.9 Å². The summed E-state index contributed by atoms with van der Waals surface area (Å²) in [4.78, 5) is 32.9. The lowest BCUT2D eigenvalue weighted by Crippen LogP contribution is -2.45. The zero-order chi connectivity index (χ0) is 22.3. The number of tetrazole rings is 1. The number of hydrogen-bond donors (Lipinski definition) is 1. The van der Waals surface area contributed by atoms with E-state index in [1.165, 1.54) is 17.1 Å². The van der Waals surface area contributed by atoms with E-state index in [1.807, 2.05) is 13.0 Å². The maximum absolute atomic E-state index is 13.1. The van der Waals surface area contributed by atoms with Gasteiger partial charge in [-0.2, -0.15) is 4.68 Å². The van der Waals surface area contributed by atoms with Crippen molar-refractivity contribution in [2.24, 2.45) is 5.41 Å². The van der Waals surface area contributed by atoms with Crippen molar-refractivity contribution in [3.8, 4) is 5.82 Å². The third-order valence-corrected chi connectivity index (χ3v) is 6.81. The minimum atomic E-state index is -0.679. The molecule has 2 saturated heterocycles. The first-order valence-electron chi connectivity index (χ1n) is 10.8. The molecule has 11 nitrogen and oxygen atoms in total. The van der Waals surface area contributed by atoms with Crippen molar-refractivity contribution in [2.75, 3.05) is 32.8 Å². The number of nitrogens with zero attached hydrogens (tertiary/aromatic N) is 7. The molecule has 0 bridgehead atoms. The van der Waals surface area contributed by atoms with E-state index >= 15 is 0 Å². The second kappa shape index (κ2) is 8.06. The van der Waals surface area contributed by atoms with Gasteiger partial charge in [0, 0.05) is 30.4 Å². The van der Waals surface area contributed by atoms with E-state index < -0.39 is 6.10 Å². The largest absolute Gasteiger partial charge is 0.456 e. The number of cyclic esters (lactones) is 1. The number of amides is 1. The van der Waals surface area contributed by atoms with E-state index in [9.17, 15) is 14.7 Å². The quantitative estimate of drug-likeness (QED) is 0.648. The summed E-state index contributed by atoms with van der Waals surface area (Å²) in [5, 5.41) is 21.9. The van der Waals surface area contributed by atoms with Crippen LogP contribution in [0.3, 0.4) is 0 Å². The number of aryl methyl sites for hydroxylation is 1. The van der Waals surface area contributed by atoms with Crippen molar-refractivity contribution >= 4 is 11.9 Å². The highest BCUT2D eigenvalue weighted by molar-refractivity contribution is 5.90. The molecule has 1 spiro atoms. The second-order valence-corrected chi connectivity index (χ2v) is 8.65. The number of β-amino-alcohol motifs (C(OH)–C–C–N with tert-alkyl or cyclic N) is 1. The van der Waals surface area contributed by atoms with Crippen LogP contribution >= 0.6 is 0 Å². The third kappa shape index (κ3) is 3.67. The Morgan fingerprint density at radius 1 is 1.19 bits per heavy atom. The van der Waals surface area contributed by atoms with Crippen molar-refractivity contribution < 1.29 is 19.4 Å². The highest BCUT2D eigenvalue weighted by Gasteiger charge is 2.49. The van der Waals surface area contributed by atoms with Gasteiger partial charge in [-0.05, 0) is 55.8 Å². The van der Waals surface area contributed by atoms with Gasteiger partial charge in [-0.15, -0.1) is 5.10 Å². The molecule has 0 radical (unpaired) electrons. The lowest BCUT2D eigenvalue weighted by atomic mass is 9.77. The lowest BCUT2D eigenvalue weighted by Gasteiger charge is -2.38. The number of pyridine rings is 1. The molecule has 11 heteroatoms. The Kier molecular flexibility index (Phi) is 5.22. The van der Waals surface area contributed by atoms with Crippen molar-refractivity contribution in [3.63, 3.8) is 0 Å². The summed E-state index contributed by atoms with van der Waals surface area (Å²) in [6, 6.07) is 3.64. The average Bonchev–Trinajstić information content (AvgIpc) is 3.52. The Balaban J connectivity index is 1.20. The summed E-state index contributed by atoms with van der Waals surface area (Å²) in [6.07, 6.45) is 4.49. The fraction of sp³-hybridized carbons (Fsp3) is 0.524. The molecular formula is C21H25N7O4. The number of hydrogen-bond acceptors (Lipinski definition) is 9. The fourth-order valence-corrected chi connectivity index (χ4v) is 4.89. The number of piperidine rings is 1. The van der Waals surface area contributed by atoms with Crippen LogP contribution in [0, 0.1) is 12.3 Å². The Hall–Kier alpha value is -3.18. The first-order chi connectivity index (χ1) is 15.4. The molecule has 168 valence electrons. The zero-order valence-electron chi connectivity index (χ0n) is 17.8. The number of carbonyl (C=O) groups excluding carboxylic acids is 2. The topological polar surface area (TPSA) is 127 Å². The Bertz CT molecular complexity index is 1060. The first kappa shape index (κ1) is 20.7. The molecule has 3 aliphatic rings. The third-order valence-electron chi connectivity index (χ3n) is 6.81. The maximum Gasteiger partial charge on any atom is 0.333 e. The Morgan fingerprint density at radius 2 is 1.97 bits per heavy atom. The molecule has 0 aromatic carbocycles. The van der Waals surface area contributed by atoms with Gasteiger partial charge in [0.2, 0.25) is 5.91 Å². The van der Waals surface area contributed by atoms with Gasteiger partial charge >= 0.3 is 5.97 Å². The van der Waals surface area contributed by atoms with E-state index in [2.05, 4.69) is 25.4 Å². The molecule has 1 atom stereocenters. The fourth-order valence-electron chi connectivity index (χ4n) is 4.89. The molecule has 0 unspecified atom stereocenters. The highest BCUT2D eigenvalue weighted by Crippen LogP contribution is 2.43. The summed E-state index contributed by atoms with van der Waals surface area (Å²) < 4.78 is 6.44. The molecule has 32 heavy (non-hydrogen) atoms. The van der Waals surface area contributed by atoms with Gasteiger partial charge in [0.25, 0.3) is 0 Å². The van der Waals surface area contributed by atoms with Crippen LogP contribution < -0.4 is 0 Å². The van der Waals surface area contributed by atoms with Crippen molar-refractivity contribution in [1.82, 2.24) is 35.0 Å². The SMILES string of the molecule is Cc1nc(-n2cnnn2)ccc1[C@@H](O)CN1CCC2(CC1)CCN(C1=CC(=O)OC1)C2=O. The molecule has 3 aliphatic heterocycles. The summed E-state index contributed by atoms with van der Waals surface area (Å²) in [5.74, 6) is 0.311. The molecule has 5 rings (SSSR count). The smallest absolute Gasteiger partial charge is 0.333 e. The van der Waals surface area contributed by atoms with E-state index in [0.29, 0.717) is 24.6 Å². The van der Waals surface area contributed by atoms with Gasteiger partial charge in [0.15, 0.2) is 5.82 Å². The highest BCUT2D eigenvalue weighted by atomic mass is 16.5. The van der Waals surface area contributed by atoms with Gasteiger partial charge in [0.1, 0.15) is 12.9 Å². The zero-order valence-corrected chi connectivity index (χ0v) is 17.8. The van der Waals surface area contributed by atoms with Gasteiger partial charge < -0.3 is 19.6 Å². The number of aliphatic hydroxyl groups is 1. The van der Waals surface area contributed by atoms with Crippen LogP contribution in [0.25, 0.3) is 5.82 Å². The molecule has 2 aromatic rings. The maximum atomic E-state index is 13.1. The molecule has 0 saturated carbocycles. The molecule has 1 amide bonds. The van der Waals surface area contributed by atoms with Crippen molar-refractivity contribution in [2.45, 2.75) is 32.3 Å². The number of rotatable bonds is 5. The number of esters is 1. The monoisotopic (exact) mass is 439 g/mol. The second-order valence-electron chi connectivity index (χ2n) is 8.65. The van der Waals surface area contributed by atoms with E-state index in [0.717, 1.165) is 43.6 Å². The predicted octanol–water partition coefficient (Wildman–Crippen LogP) is 0.154. The normalized spacial score (nSPS) is 21.8. The van der Waals surface area contributed by atoms with Crippen LogP contribution in [0.4, 0.5) is 0 Å².